The molecule has 1 saturated carbocycles. The summed E-state index contributed by atoms with van der Waals surface area (Å²) in [4.78, 5) is 14.9. The molecule has 2 aliphatic rings. The lowest BCUT2D eigenvalue weighted by molar-refractivity contribution is -0.127. The number of anilines is 1. The van der Waals surface area contributed by atoms with E-state index >= 15 is 0 Å². The van der Waals surface area contributed by atoms with E-state index in [-0.39, 0.29) is 11.3 Å². The van der Waals surface area contributed by atoms with Crippen molar-refractivity contribution < 1.29 is 4.79 Å². The number of rotatable bonds is 2. The number of carbonyl (C=O) groups is 1. The number of benzene rings is 1. The second-order valence-corrected chi connectivity index (χ2v) is 7.02. The van der Waals surface area contributed by atoms with Crippen LogP contribution in [0.3, 0.4) is 0 Å². The van der Waals surface area contributed by atoms with Crippen molar-refractivity contribution in [2.24, 2.45) is 11.3 Å². The zero-order chi connectivity index (χ0) is 14.2. The molecule has 108 valence electrons. The second kappa shape index (κ2) is 5.23. The van der Waals surface area contributed by atoms with Crippen LogP contribution in [0, 0.1) is 11.3 Å². The van der Waals surface area contributed by atoms with Crippen LogP contribution in [0.4, 0.5) is 5.69 Å². The first-order chi connectivity index (χ1) is 9.58. The first kappa shape index (κ1) is 13.7. The Morgan fingerprint density at radius 2 is 2.05 bits per heavy atom. The van der Waals surface area contributed by atoms with E-state index in [2.05, 4.69) is 43.0 Å². The van der Waals surface area contributed by atoms with Crippen LogP contribution in [0.5, 0.6) is 0 Å². The fourth-order valence-electron chi connectivity index (χ4n) is 3.74. The third-order valence-electron chi connectivity index (χ3n) is 5.05. The lowest BCUT2D eigenvalue weighted by Crippen LogP contribution is -2.34. The number of ketones is 1. The molecule has 0 spiro atoms. The Morgan fingerprint density at radius 1 is 1.25 bits per heavy atom. The zero-order valence-corrected chi connectivity index (χ0v) is 12.7. The molecule has 0 radical (unpaired) electrons. The summed E-state index contributed by atoms with van der Waals surface area (Å²) >= 11 is 0. The lowest BCUT2D eigenvalue weighted by atomic mass is 9.89. The molecule has 0 amide bonds. The van der Waals surface area contributed by atoms with Crippen LogP contribution in [0.1, 0.15) is 45.1 Å². The Kier molecular flexibility index (Phi) is 3.57. The number of nitrogens with zero attached hydrogens (tertiary/aromatic N) is 1. The van der Waals surface area contributed by atoms with Crippen LogP contribution < -0.4 is 4.90 Å². The monoisotopic (exact) mass is 271 g/mol. The number of Topliss-reactive ketones (excluding diaryl/α,β-unsaturated/α-hetero) is 1. The molecule has 1 aromatic carbocycles. The molecular formula is C18H25NO. The molecule has 3 rings (SSSR count). The maximum Gasteiger partial charge on any atom is 0.143 e. The van der Waals surface area contributed by atoms with Crippen molar-refractivity contribution in [1.29, 1.82) is 0 Å². The van der Waals surface area contributed by atoms with E-state index in [1.807, 2.05) is 0 Å². The Bertz CT molecular complexity index is 506. The first-order valence-corrected chi connectivity index (χ1v) is 7.95. The number of hydrogen-bond acceptors (Lipinski definition) is 2. The predicted octanol–water partition coefficient (Wildman–Crippen LogP) is 3.83. The van der Waals surface area contributed by atoms with Crippen molar-refractivity contribution in [1.82, 2.24) is 0 Å². The number of aryl methyl sites for hydroxylation is 1. The Balaban J connectivity index is 1.80. The highest BCUT2D eigenvalue weighted by atomic mass is 16.1. The van der Waals surface area contributed by atoms with Gasteiger partial charge in [0.2, 0.25) is 0 Å². The van der Waals surface area contributed by atoms with Gasteiger partial charge in [-0.3, -0.25) is 4.79 Å². The van der Waals surface area contributed by atoms with E-state index in [9.17, 15) is 4.79 Å². The highest BCUT2D eigenvalue weighted by Crippen LogP contribution is 2.39. The van der Waals surface area contributed by atoms with Crippen LogP contribution in [-0.4, -0.2) is 18.9 Å². The van der Waals surface area contributed by atoms with E-state index in [0.29, 0.717) is 5.78 Å². The Morgan fingerprint density at radius 3 is 2.80 bits per heavy atom. The molecule has 1 unspecified atom stereocenters. The van der Waals surface area contributed by atoms with Crippen LogP contribution in [-0.2, 0) is 11.2 Å². The minimum Gasteiger partial charge on any atom is -0.371 e. The number of fused-ring (bicyclic) bond motifs is 1. The molecule has 0 N–H and O–H groups in total. The maximum atomic E-state index is 12.5. The quantitative estimate of drug-likeness (QED) is 0.814. The molecule has 0 bridgehead atoms. The topological polar surface area (TPSA) is 20.3 Å². The van der Waals surface area contributed by atoms with Gasteiger partial charge in [0.05, 0.1) is 0 Å². The van der Waals surface area contributed by atoms with Crippen molar-refractivity contribution in [3.63, 3.8) is 0 Å². The van der Waals surface area contributed by atoms with Gasteiger partial charge in [-0.05, 0) is 43.7 Å². The summed E-state index contributed by atoms with van der Waals surface area (Å²) in [6, 6.07) is 8.73. The first-order valence-electron chi connectivity index (χ1n) is 7.95. The van der Waals surface area contributed by atoms with Gasteiger partial charge < -0.3 is 4.90 Å². The van der Waals surface area contributed by atoms with Gasteiger partial charge in [0, 0.05) is 30.1 Å². The molecule has 1 fully saturated rings. The Labute approximate surface area is 122 Å². The molecule has 0 saturated heterocycles. The average molecular weight is 271 g/mol. The molecule has 1 aliphatic heterocycles. The van der Waals surface area contributed by atoms with Gasteiger partial charge in [-0.2, -0.15) is 0 Å². The van der Waals surface area contributed by atoms with Crippen molar-refractivity contribution >= 4 is 11.5 Å². The van der Waals surface area contributed by atoms with Gasteiger partial charge in [0.1, 0.15) is 5.78 Å². The van der Waals surface area contributed by atoms with Gasteiger partial charge in [-0.15, -0.1) is 0 Å². The van der Waals surface area contributed by atoms with Crippen LogP contribution in [0.15, 0.2) is 24.3 Å². The highest BCUT2D eigenvalue weighted by Gasteiger charge is 2.41. The highest BCUT2D eigenvalue weighted by molar-refractivity contribution is 5.88. The molecule has 20 heavy (non-hydrogen) atoms. The largest absolute Gasteiger partial charge is 0.371 e. The summed E-state index contributed by atoms with van der Waals surface area (Å²) in [6.07, 6.45) is 5.78. The number of para-hydroxylation sites is 1. The van der Waals surface area contributed by atoms with Gasteiger partial charge in [-0.1, -0.05) is 32.0 Å². The smallest absolute Gasteiger partial charge is 0.143 e. The second-order valence-electron chi connectivity index (χ2n) is 7.02. The van der Waals surface area contributed by atoms with Crippen LogP contribution in [0.2, 0.25) is 0 Å². The van der Waals surface area contributed by atoms with Gasteiger partial charge in [-0.25, -0.2) is 0 Å². The molecule has 2 nitrogen and oxygen atoms in total. The maximum absolute atomic E-state index is 12.5. The number of carbonyl (C=O) groups excluding carboxylic acids is 1. The average Bonchev–Trinajstić information content (AvgIpc) is 2.63. The molecule has 2 heteroatoms. The molecule has 1 aromatic rings. The van der Waals surface area contributed by atoms with E-state index < -0.39 is 0 Å². The molecule has 1 aliphatic carbocycles. The minimum absolute atomic E-state index is 0.101. The molecule has 0 aromatic heterocycles. The zero-order valence-electron chi connectivity index (χ0n) is 12.7. The lowest BCUT2D eigenvalue weighted by Gasteiger charge is -2.28. The van der Waals surface area contributed by atoms with Crippen molar-refractivity contribution in [2.45, 2.75) is 46.0 Å². The summed E-state index contributed by atoms with van der Waals surface area (Å²) in [5.74, 6) is 0.704. The van der Waals surface area contributed by atoms with Gasteiger partial charge in [0.15, 0.2) is 0 Å². The van der Waals surface area contributed by atoms with Crippen molar-refractivity contribution in [3.05, 3.63) is 29.8 Å². The standard InChI is InChI=1S/C18H25NO/c1-18(2)11-10-15(17(18)20)13-19-12-6-5-8-14-7-3-4-9-16(14)19/h3-4,7,9,15H,5-6,8,10-13H2,1-2H3. The normalized spacial score (nSPS) is 25.4. The predicted molar refractivity (Wildman–Crippen MR) is 83.1 cm³/mol. The van der Waals surface area contributed by atoms with E-state index in [4.69, 9.17) is 0 Å². The van der Waals surface area contributed by atoms with E-state index in [1.54, 1.807) is 0 Å². The third kappa shape index (κ3) is 2.48. The van der Waals surface area contributed by atoms with Gasteiger partial charge >= 0.3 is 0 Å². The van der Waals surface area contributed by atoms with Crippen molar-refractivity contribution in [3.8, 4) is 0 Å². The fraction of sp³-hybridized carbons (Fsp3) is 0.611. The van der Waals surface area contributed by atoms with Crippen LogP contribution >= 0.6 is 0 Å². The third-order valence-corrected chi connectivity index (χ3v) is 5.05. The minimum atomic E-state index is -0.101. The SMILES string of the molecule is CC1(C)CCC(CN2CCCCc3ccccc32)C1=O. The molecule has 1 heterocycles. The fourth-order valence-corrected chi connectivity index (χ4v) is 3.74. The number of hydrogen-bond donors (Lipinski definition) is 0. The summed E-state index contributed by atoms with van der Waals surface area (Å²) in [5.41, 5.74) is 2.72. The summed E-state index contributed by atoms with van der Waals surface area (Å²) in [5, 5.41) is 0. The van der Waals surface area contributed by atoms with Gasteiger partial charge in [0.25, 0.3) is 0 Å². The molecule has 1 atom stereocenters. The summed E-state index contributed by atoms with van der Waals surface area (Å²) < 4.78 is 0. The summed E-state index contributed by atoms with van der Waals surface area (Å²) in [7, 11) is 0. The molecular weight excluding hydrogens is 246 g/mol. The van der Waals surface area contributed by atoms with E-state index in [0.717, 1.165) is 25.9 Å². The Hall–Kier alpha value is -1.31. The van der Waals surface area contributed by atoms with Crippen LogP contribution in [0.25, 0.3) is 0 Å². The summed E-state index contributed by atoms with van der Waals surface area (Å²) in [6.45, 7) is 6.22. The van der Waals surface area contributed by atoms with Crippen molar-refractivity contribution in [2.75, 3.05) is 18.0 Å². The van der Waals surface area contributed by atoms with E-state index in [1.165, 1.54) is 30.5 Å².